The molecule has 6 nitrogen and oxygen atoms in total. The lowest BCUT2D eigenvalue weighted by Gasteiger charge is -2.19. The van der Waals surface area contributed by atoms with E-state index in [9.17, 15) is 0 Å². The van der Waals surface area contributed by atoms with Gasteiger partial charge >= 0.3 is 0 Å². The Balaban J connectivity index is 1.32. The first-order valence-electron chi connectivity index (χ1n) is 15.8. The number of benzene rings is 5. The Morgan fingerprint density at radius 3 is 1.96 bits per heavy atom. The summed E-state index contributed by atoms with van der Waals surface area (Å²) >= 11 is 0. The van der Waals surface area contributed by atoms with Gasteiger partial charge in [-0.1, -0.05) is 84.9 Å². The van der Waals surface area contributed by atoms with Crippen LogP contribution in [0.4, 0.5) is 0 Å². The Morgan fingerprint density at radius 1 is 0.500 bits per heavy atom. The van der Waals surface area contributed by atoms with Crippen LogP contribution in [-0.2, 0) is 4.74 Å². The number of fused-ring (bicyclic) bond motifs is 2. The van der Waals surface area contributed by atoms with Gasteiger partial charge in [0, 0.05) is 18.6 Å². The van der Waals surface area contributed by atoms with Crippen molar-refractivity contribution in [3.63, 3.8) is 0 Å². The molecule has 0 fully saturated rings. The molecule has 0 saturated heterocycles. The van der Waals surface area contributed by atoms with Crippen molar-refractivity contribution in [3.8, 4) is 56.1 Å². The van der Waals surface area contributed by atoms with E-state index < -0.39 is 0 Å². The van der Waals surface area contributed by atoms with Gasteiger partial charge in [-0.05, 0) is 102 Å². The van der Waals surface area contributed by atoms with Gasteiger partial charge in [-0.25, -0.2) is 4.98 Å². The monoisotopic (exact) mass is 620 g/mol. The molecule has 1 aliphatic heterocycles. The Morgan fingerprint density at radius 2 is 1.19 bits per heavy atom. The molecule has 0 saturated carbocycles. The zero-order valence-electron chi connectivity index (χ0n) is 25.7. The molecule has 1 N–H and O–H groups in total. The fourth-order valence-electron chi connectivity index (χ4n) is 6.73. The smallest absolute Gasteiger partial charge is 0.245 e. The third-order valence-corrected chi connectivity index (χ3v) is 8.90. The molecule has 3 aromatic heterocycles. The van der Waals surface area contributed by atoms with E-state index in [0.29, 0.717) is 11.6 Å². The van der Waals surface area contributed by atoms with Gasteiger partial charge in [-0.3, -0.25) is 9.97 Å². The molecular formula is C42H28N4O2. The predicted octanol–water partition coefficient (Wildman–Crippen LogP) is 10.2. The lowest BCUT2D eigenvalue weighted by Crippen LogP contribution is -2.12. The number of nitrogens with zero attached hydrogens (tertiary/aromatic N) is 3. The van der Waals surface area contributed by atoms with Crippen LogP contribution >= 0.6 is 0 Å². The molecule has 9 rings (SSSR count). The second kappa shape index (κ2) is 11.7. The lowest BCUT2D eigenvalue weighted by atomic mass is 9.84. The highest BCUT2D eigenvalue weighted by molar-refractivity contribution is 6.22. The van der Waals surface area contributed by atoms with Crippen LogP contribution < -0.4 is 5.32 Å². The molecule has 0 radical (unpaired) electrons. The van der Waals surface area contributed by atoms with Crippen LogP contribution in [0.15, 0.2) is 163 Å². The summed E-state index contributed by atoms with van der Waals surface area (Å²) in [6.07, 6.45) is 10.0. The zero-order valence-corrected chi connectivity index (χ0v) is 25.7. The fraction of sp³-hybridized carbons (Fsp3) is 0.0238. The third-order valence-electron chi connectivity index (χ3n) is 8.90. The second-order valence-corrected chi connectivity index (χ2v) is 11.7. The van der Waals surface area contributed by atoms with Gasteiger partial charge in [0.2, 0.25) is 12.1 Å². The van der Waals surface area contributed by atoms with Gasteiger partial charge in [0.25, 0.3) is 0 Å². The Labute approximate surface area is 277 Å². The first-order valence-corrected chi connectivity index (χ1v) is 15.8. The summed E-state index contributed by atoms with van der Waals surface area (Å²) in [7, 11) is 0. The molecule has 4 heterocycles. The second-order valence-electron chi connectivity index (χ2n) is 11.7. The van der Waals surface area contributed by atoms with Crippen molar-refractivity contribution < 1.29 is 9.15 Å². The molecule has 1 atom stereocenters. The van der Waals surface area contributed by atoms with E-state index in [1.807, 2.05) is 18.5 Å². The van der Waals surface area contributed by atoms with Crippen LogP contribution in [0.1, 0.15) is 11.9 Å². The topological polar surface area (TPSA) is 73.1 Å². The summed E-state index contributed by atoms with van der Waals surface area (Å²) in [6.45, 7) is 0. The normalized spacial score (nSPS) is 13.9. The first-order chi connectivity index (χ1) is 23.8. The molecule has 0 amide bonds. The minimum atomic E-state index is -0.330. The number of hydrogen-bond donors (Lipinski definition) is 1. The summed E-state index contributed by atoms with van der Waals surface area (Å²) in [5.41, 5.74) is 10.5. The molecule has 0 aliphatic carbocycles. The highest BCUT2D eigenvalue weighted by Gasteiger charge is 2.21. The van der Waals surface area contributed by atoms with E-state index in [4.69, 9.17) is 9.15 Å². The summed E-state index contributed by atoms with van der Waals surface area (Å²) in [5, 5.41) is 7.78. The number of aromatic nitrogens is 3. The molecule has 8 aromatic rings. The Hall–Kier alpha value is -6.53. The lowest BCUT2D eigenvalue weighted by molar-refractivity contribution is 0.150. The summed E-state index contributed by atoms with van der Waals surface area (Å²) in [5.74, 6) is 0.490. The largest absolute Gasteiger partial charge is 0.471 e. The molecule has 5 aromatic carbocycles. The van der Waals surface area contributed by atoms with Crippen LogP contribution in [0.3, 0.4) is 0 Å². The van der Waals surface area contributed by atoms with Crippen LogP contribution in [0.2, 0.25) is 0 Å². The van der Waals surface area contributed by atoms with Gasteiger partial charge in [-0.2, -0.15) is 0 Å². The van der Waals surface area contributed by atoms with Crippen LogP contribution in [0.25, 0.3) is 77.6 Å². The minimum Gasteiger partial charge on any atom is -0.471 e. The number of hydrogen-bond acceptors (Lipinski definition) is 6. The van der Waals surface area contributed by atoms with Crippen LogP contribution in [-0.4, -0.2) is 15.0 Å². The van der Waals surface area contributed by atoms with Gasteiger partial charge in [0.05, 0.1) is 6.20 Å². The van der Waals surface area contributed by atoms with Crippen molar-refractivity contribution in [3.05, 3.63) is 164 Å². The van der Waals surface area contributed by atoms with Crippen molar-refractivity contribution >= 4 is 21.5 Å². The number of pyridine rings is 2. The van der Waals surface area contributed by atoms with Gasteiger partial charge in [0.15, 0.2) is 0 Å². The maximum Gasteiger partial charge on any atom is 0.245 e. The average Bonchev–Trinajstić information content (AvgIpc) is 3.90. The highest BCUT2D eigenvalue weighted by Crippen LogP contribution is 2.45. The standard InChI is InChI=1S/C42H28N4O2/c1-2-7-27(8-3-1)28-9-6-10-29(23-28)30-13-14-35-36(24-30)40(32-16-18-44-38(26-32)42-46-20-22-48-42)34-12-5-4-11-33(34)39(35)31-15-17-43-37(25-31)41-45-19-21-47-41/h1-26,42,46H. The van der Waals surface area contributed by atoms with Gasteiger partial charge in [-0.15, -0.1) is 0 Å². The van der Waals surface area contributed by atoms with E-state index in [-0.39, 0.29) is 6.23 Å². The summed E-state index contributed by atoms with van der Waals surface area (Å²) in [6, 6.07) is 43.0. The molecular weight excluding hydrogens is 592 g/mol. The molecule has 48 heavy (non-hydrogen) atoms. The molecule has 6 heteroatoms. The third kappa shape index (κ3) is 4.87. The Bertz CT molecular complexity index is 2460. The Kier molecular flexibility index (Phi) is 6.75. The number of nitrogens with one attached hydrogen (secondary N) is 1. The van der Waals surface area contributed by atoms with E-state index >= 15 is 0 Å². The van der Waals surface area contributed by atoms with Crippen molar-refractivity contribution in [2.75, 3.05) is 0 Å². The fourth-order valence-corrected chi connectivity index (χ4v) is 6.73. The first kappa shape index (κ1) is 27.8. The molecule has 228 valence electrons. The molecule has 0 bridgehead atoms. The highest BCUT2D eigenvalue weighted by atomic mass is 16.5. The van der Waals surface area contributed by atoms with E-state index in [2.05, 4.69) is 136 Å². The summed E-state index contributed by atoms with van der Waals surface area (Å²) in [4.78, 5) is 13.6. The van der Waals surface area contributed by atoms with Crippen molar-refractivity contribution in [1.29, 1.82) is 0 Å². The van der Waals surface area contributed by atoms with Crippen molar-refractivity contribution in [1.82, 2.24) is 20.3 Å². The summed E-state index contributed by atoms with van der Waals surface area (Å²) < 4.78 is 11.4. The average molecular weight is 621 g/mol. The molecule has 0 spiro atoms. The maximum absolute atomic E-state index is 5.78. The number of oxazole rings is 1. The minimum absolute atomic E-state index is 0.330. The van der Waals surface area contributed by atoms with E-state index in [0.717, 1.165) is 60.6 Å². The quantitative estimate of drug-likeness (QED) is 0.187. The van der Waals surface area contributed by atoms with Gasteiger partial charge in [0.1, 0.15) is 23.9 Å². The van der Waals surface area contributed by atoms with E-state index in [1.165, 1.54) is 11.1 Å². The molecule has 1 aliphatic rings. The number of rotatable bonds is 6. The number of ether oxygens (including phenoxy) is 1. The van der Waals surface area contributed by atoms with Crippen LogP contribution in [0.5, 0.6) is 0 Å². The van der Waals surface area contributed by atoms with Crippen molar-refractivity contribution in [2.45, 2.75) is 6.23 Å². The van der Waals surface area contributed by atoms with Crippen LogP contribution in [0, 0.1) is 0 Å². The van der Waals surface area contributed by atoms with E-state index in [1.54, 1.807) is 24.9 Å². The van der Waals surface area contributed by atoms with Crippen molar-refractivity contribution in [2.24, 2.45) is 0 Å². The predicted molar refractivity (Wildman–Crippen MR) is 190 cm³/mol. The SMILES string of the molecule is C1=COC(c2cc(-c3c4ccccc4c(-c4ccnc(-c5ncco5)c4)c4ccc(-c5cccc(-c6ccccc6)c5)cc34)ccn2)N1. The maximum atomic E-state index is 5.78. The zero-order chi connectivity index (χ0) is 31.9. The van der Waals surface area contributed by atoms with Gasteiger partial charge < -0.3 is 14.5 Å². The molecule has 1 unspecified atom stereocenters.